The molecule has 100 valence electrons. The van der Waals surface area contributed by atoms with Crippen LogP contribution in [-0.2, 0) is 9.53 Å². The molecular weight excluding hydrogens is 212 g/mol. The molecule has 2 nitrogen and oxygen atoms in total. The molecule has 1 aliphatic rings. The molecule has 0 amide bonds. The van der Waals surface area contributed by atoms with E-state index in [1.807, 2.05) is 0 Å². The third-order valence-electron chi connectivity index (χ3n) is 4.05. The van der Waals surface area contributed by atoms with Gasteiger partial charge in [0.25, 0.3) is 0 Å². The van der Waals surface area contributed by atoms with E-state index in [1.165, 1.54) is 64.9 Å². The Bertz CT molecular complexity index is 213. The molecule has 0 aromatic rings. The molecule has 17 heavy (non-hydrogen) atoms. The van der Waals surface area contributed by atoms with Gasteiger partial charge in [-0.15, -0.1) is 0 Å². The minimum atomic E-state index is -0.0297. The molecule has 0 radical (unpaired) electrons. The van der Waals surface area contributed by atoms with Gasteiger partial charge in [0.2, 0.25) is 0 Å². The quantitative estimate of drug-likeness (QED) is 0.672. The molecule has 0 saturated heterocycles. The number of hydrogen-bond acceptors (Lipinski definition) is 2. The summed E-state index contributed by atoms with van der Waals surface area (Å²) in [6.45, 7) is 2.37. The van der Waals surface area contributed by atoms with Gasteiger partial charge in [-0.25, -0.2) is 0 Å². The van der Waals surface area contributed by atoms with Crippen LogP contribution < -0.4 is 0 Å². The molecule has 0 aromatic heterocycles. The maximum absolute atomic E-state index is 11.3. The van der Waals surface area contributed by atoms with Crippen LogP contribution in [0.4, 0.5) is 0 Å². The van der Waals surface area contributed by atoms with E-state index in [-0.39, 0.29) is 5.97 Å². The van der Waals surface area contributed by atoms with Crippen molar-refractivity contribution in [3.63, 3.8) is 0 Å². The third-order valence-corrected chi connectivity index (χ3v) is 4.05. The van der Waals surface area contributed by atoms with Gasteiger partial charge < -0.3 is 4.74 Å². The van der Waals surface area contributed by atoms with Crippen LogP contribution in [0, 0.1) is 11.8 Å². The van der Waals surface area contributed by atoms with Gasteiger partial charge in [-0.1, -0.05) is 51.9 Å². The molecule has 0 aliphatic heterocycles. The van der Waals surface area contributed by atoms with Gasteiger partial charge in [-0.3, -0.25) is 4.79 Å². The van der Waals surface area contributed by atoms with E-state index in [0.29, 0.717) is 12.3 Å². The largest absolute Gasteiger partial charge is 0.469 e. The van der Waals surface area contributed by atoms with E-state index < -0.39 is 0 Å². The lowest BCUT2D eigenvalue weighted by atomic mass is 9.91. The van der Waals surface area contributed by atoms with Gasteiger partial charge in [0.1, 0.15) is 0 Å². The predicted octanol–water partition coefficient (Wildman–Crippen LogP) is 4.33. The fourth-order valence-corrected chi connectivity index (χ4v) is 2.85. The maximum atomic E-state index is 11.3. The van der Waals surface area contributed by atoms with Crippen LogP contribution in [0.3, 0.4) is 0 Å². The van der Waals surface area contributed by atoms with E-state index >= 15 is 0 Å². The van der Waals surface area contributed by atoms with E-state index in [1.54, 1.807) is 0 Å². The number of carbonyl (C=O) groups is 1. The summed E-state index contributed by atoms with van der Waals surface area (Å²) in [4.78, 5) is 11.3. The van der Waals surface area contributed by atoms with E-state index in [2.05, 4.69) is 6.92 Å². The summed E-state index contributed by atoms with van der Waals surface area (Å²) in [6, 6.07) is 0. The van der Waals surface area contributed by atoms with Crippen LogP contribution in [0.5, 0.6) is 0 Å². The van der Waals surface area contributed by atoms with Crippen molar-refractivity contribution in [3.8, 4) is 0 Å². The van der Waals surface area contributed by atoms with Crippen LogP contribution in [0.15, 0.2) is 0 Å². The summed E-state index contributed by atoms with van der Waals surface area (Å²) in [5.74, 6) is 1.40. The van der Waals surface area contributed by atoms with Crippen LogP contribution in [0.2, 0.25) is 0 Å². The molecule has 0 N–H and O–H groups in total. The normalized spacial score (nSPS) is 28.1. The molecule has 1 fully saturated rings. The third kappa shape index (κ3) is 6.70. The number of rotatable bonds is 2. The van der Waals surface area contributed by atoms with Crippen molar-refractivity contribution in [2.45, 2.75) is 71.1 Å². The molecule has 1 rings (SSSR count). The summed E-state index contributed by atoms with van der Waals surface area (Å²) in [5, 5.41) is 0. The Labute approximate surface area is 106 Å². The summed E-state index contributed by atoms with van der Waals surface area (Å²) < 4.78 is 4.79. The first-order valence-electron chi connectivity index (χ1n) is 7.29. The summed E-state index contributed by atoms with van der Waals surface area (Å²) in [6.07, 6.45) is 12.4. The van der Waals surface area contributed by atoms with Crippen LogP contribution in [-0.4, -0.2) is 13.1 Å². The first-order chi connectivity index (χ1) is 8.22. The molecule has 0 aromatic carbocycles. The minimum Gasteiger partial charge on any atom is -0.469 e. The number of hydrogen-bond donors (Lipinski definition) is 0. The van der Waals surface area contributed by atoms with Gasteiger partial charge >= 0.3 is 5.97 Å². The minimum absolute atomic E-state index is 0.0297. The van der Waals surface area contributed by atoms with Gasteiger partial charge in [-0.2, -0.15) is 0 Å². The van der Waals surface area contributed by atoms with Gasteiger partial charge in [0.15, 0.2) is 0 Å². The first kappa shape index (κ1) is 14.5. The molecule has 1 aliphatic carbocycles. The fourth-order valence-electron chi connectivity index (χ4n) is 2.85. The zero-order chi connectivity index (χ0) is 12.5. The van der Waals surface area contributed by atoms with Gasteiger partial charge in [-0.05, 0) is 24.7 Å². The number of methoxy groups -OCH3 is 1. The van der Waals surface area contributed by atoms with Gasteiger partial charge in [0, 0.05) is 6.42 Å². The topological polar surface area (TPSA) is 26.3 Å². The lowest BCUT2D eigenvalue weighted by Crippen LogP contribution is -2.10. The Balaban J connectivity index is 2.37. The highest BCUT2D eigenvalue weighted by atomic mass is 16.5. The molecule has 2 heteroatoms. The Morgan fingerprint density at radius 2 is 1.59 bits per heavy atom. The second-order valence-electron chi connectivity index (χ2n) is 5.67. The van der Waals surface area contributed by atoms with Crippen molar-refractivity contribution in [2.75, 3.05) is 7.11 Å². The number of carbonyl (C=O) groups excluding carboxylic acids is 1. The Morgan fingerprint density at radius 3 is 2.29 bits per heavy atom. The van der Waals surface area contributed by atoms with Crippen LogP contribution in [0.1, 0.15) is 71.1 Å². The van der Waals surface area contributed by atoms with Crippen molar-refractivity contribution in [3.05, 3.63) is 0 Å². The SMILES string of the molecule is COC(=O)CC1CCCCCCC(C)CCC1. The van der Waals surface area contributed by atoms with E-state index in [4.69, 9.17) is 4.74 Å². The van der Waals surface area contributed by atoms with Crippen molar-refractivity contribution < 1.29 is 9.53 Å². The van der Waals surface area contributed by atoms with E-state index in [0.717, 1.165) is 5.92 Å². The summed E-state index contributed by atoms with van der Waals surface area (Å²) in [7, 11) is 1.50. The monoisotopic (exact) mass is 240 g/mol. The zero-order valence-electron chi connectivity index (χ0n) is 11.5. The molecule has 0 heterocycles. The lowest BCUT2D eigenvalue weighted by Gasteiger charge is -2.15. The highest BCUT2D eigenvalue weighted by Crippen LogP contribution is 2.25. The first-order valence-corrected chi connectivity index (χ1v) is 7.29. The second-order valence-corrected chi connectivity index (χ2v) is 5.67. The predicted molar refractivity (Wildman–Crippen MR) is 70.8 cm³/mol. The number of esters is 1. The molecule has 2 atom stereocenters. The van der Waals surface area contributed by atoms with Crippen LogP contribution >= 0.6 is 0 Å². The highest BCUT2D eigenvalue weighted by Gasteiger charge is 2.15. The van der Waals surface area contributed by atoms with Crippen molar-refractivity contribution >= 4 is 5.97 Å². The Morgan fingerprint density at radius 1 is 1.00 bits per heavy atom. The molecule has 0 spiro atoms. The van der Waals surface area contributed by atoms with Gasteiger partial charge in [0.05, 0.1) is 7.11 Å². The maximum Gasteiger partial charge on any atom is 0.305 e. The fraction of sp³-hybridized carbons (Fsp3) is 0.933. The smallest absolute Gasteiger partial charge is 0.305 e. The Hall–Kier alpha value is -0.530. The zero-order valence-corrected chi connectivity index (χ0v) is 11.5. The standard InChI is InChI=1S/C15H28O2/c1-13-8-5-3-4-6-10-14(11-7-9-13)12-15(16)17-2/h13-14H,3-12H2,1-2H3. The Kier molecular flexibility index (Phi) is 7.30. The molecule has 0 bridgehead atoms. The molecular formula is C15H28O2. The molecule has 1 saturated carbocycles. The lowest BCUT2D eigenvalue weighted by molar-refractivity contribution is -0.141. The highest BCUT2D eigenvalue weighted by molar-refractivity contribution is 5.69. The number of ether oxygens (including phenoxy) is 1. The van der Waals surface area contributed by atoms with Crippen molar-refractivity contribution in [2.24, 2.45) is 11.8 Å². The molecule has 2 unspecified atom stereocenters. The summed E-state index contributed by atoms with van der Waals surface area (Å²) >= 11 is 0. The summed E-state index contributed by atoms with van der Waals surface area (Å²) in [5.41, 5.74) is 0. The average Bonchev–Trinajstić information content (AvgIpc) is 2.36. The van der Waals surface area contributed by atoms with Crippen molar-refractivity contribution in [1.29, 1.82) is 0 Å². The average molecular weight is 240 g/mol. The second kappa shape index (κ2) is 8.54. The van der Waals surface area contributed by atoms with Crippen LogP contribution in [0.25, 0.3) is 0 Å². The van der Waals surface area contributed by atoms with E-state index in [9.17, 15) is 4.79 Å². The van der Waals surface area contributed by atoms with Crippen molar-refractivity contribution in [1.82, 2.24) is 0 Å².